The lowest BCUT2D eigenvalue weighted by Crippen LogP contribution is -2.08. The quantitative estimate of drug-likeness (QED) is 0.363. The smallest absolute Gasteiger partial charge is 0.231 e. The van der Waals surface area contributed by atoms with E-state index in [9.17, 15) is 4.79 Å². The summed E-state index contributed by atoms with van der Waals surface area (Å²) in [6.07, 6.45) is -1.12. The molecule has 2 aromatic rings. The van der Waals surface area contributed by atoms with Crippen molar-refractivity contribution in [3.8, 4) is 28.7 Å². The molecular formula is C18H16O8. The van der Waals surface area contributed by atoms with E-state index in [2.05, 4.69) is 4.89 Å². The van der Waals surface area contributed by atoms with E-state index >= 15 is 0 Å². The Morgan fingerprint density at radius 2 is 1.85 bits per heavy atom. The summed E-state index contributed by atoms with van der Waals surface area (Å²) in [7, 11) is 3.04. The Kier molecular flexibility index (Phi) is 4.06. The summed E-state index contributed by atoms with van der Waals surface area (Å²) in [6, 6.07) is 7.84. The summed E-state index contributed by atoms with van der Waals surface area (Å²) < 4.78 is 27.3. The maximum absolute atomic E-state index is 12.6. The number of ether oxygens (including phenoxy) is 5. The van der Waals surface area contributed by atoms with E-state index in [-0.39, 0.29) is 18.3 Å². The molecule has 2 aromatic carbocycles. The summed E-state index contributed by atoms with van der Waals surface area (Å²) >= 11 is 0. The molecule has 8 nitrogen and oxygen atoms in total. The van der Waals surface area contributed by atoms with Crippen molar-refractivity contribution in [3.63, 3.8) is 0 Å². The van der Waals surface area contributed by atoms with Gasteiger partial charge in [0.2, 0.25) is 18.3 Å². The molecule has 2 heterocycles. The summed E-state index contributed by atoms with van der Waals surface area (Å²) in [5.41, 5.74) is 1.10. The third kappa shape index (κ3) is 2.59. The molecule has 2 unspecified atom stereocenters. The molecule has 136 valence electrons. The Balaban J connectivity index is 1.62. The Labute approximate surface area is 148 Å². The number of epoxide rings is 1. The van der Waals surface area contributed by atoms with Crippen LogP contribution in [0.1, 0.15) is 22.0 Å². The van der Waals surface area contributed by atoms with Gasteiger partial charge in [-0.05, 0) is 30.3 Å². The number of carbonyl (C=O) groups excluding carboxylic acids is 1. The molecule has 2 aliphatic rings. The Morgan fingerprint density at radius 3 is 2.50 bits per heavy atom. The van der Waals surface area contributed by atoms with E-state index in [0.29, 0.717) is 34.1 Å². The highest BCUT2D eigenvalue weighted by atomic mass is 17.1. The zero-order valence-electron chi connectivity index (χ0n) is 14.1. The van der Waals surface area contributed by atoms with Crippen LogP contribution < -0.4 is 23.8 Å². The van der Waals surface area contributed by atoms with Crippen molar-refractivity contribution >= 4 is 5.78 Å². The van der Waals surface area contributed by atoms with Gasteiger partial charge in [0.1, 0.15) is 6.10 Å². The standard InChI is InChI=1S/C18H16O8/c1-21-12-7-11(14(22-2)18-16(12)23-8-24-18)15-17(25-15)13(19)9-3-5-10(26-20)6-4-9/h3-7,15,17,20H,8H2,1-2H3. The van der Waals surface area contributed by atoms with Gasteiger partial charge in [0.25, 0.3) is 0 Å². The van der Waals surface area contributed by atoms with Crippen molar-refractivity contribution in [1.29, 1.82) is 0 Å². The average Bonchev–Trinajstić information content (AvgIpc) is 3.33. The molecule has 0 saturated carbocycles. The minimum absolute atomic E-state index is 0.0681. The Bertz CT molecular complexity index is 845. The topological polar surface area (TPSA) is 96.0 Å². The SMILES string of the molecule is COc1cc(C2OC2C(=O)c2ccc(OO)cc2)c(OC)c2c1OCO2. The summed E-state index contributed by atoms with van der Waals surface area (Å²) in [4.78, 5) is 16.7. The minimum atomic E-state index is -0.644. The van der Waals surface area contributed by atoms with E-state index in [4.69, 9.17) is 28.9 Å². The fourth-order valence-corrected chi connectivity index (χ4v) is 3.00. The first-order chi connectivity index (χ1) is 12.7. The summed E-state index contributed by atoms with van der Waals surface area (Å²) in [5, 5.41) is 8.61. The number of ketones is 1. The number of hydrogen-bond acceptors (Lipinski definition) is 8. The largest absolute Gasteiger partial charge is 0.493 e. The van der Waals surface area contributed by atoms with Gasteiger partial charge in [0, 0.05) is 11.1 Å². The van der Waals surface area contributed by atoms with E-state index in [1.54, 1.807) is 18.2 Å². The van der Waals surface area contributed by atoms with Crippen molar-refractivity contribution in [2.45, 2.75) is 12.2 Å². The molecule has 0 radical (unpaired) electrons. The number of methoxy groups -OCH3 is 2. The second kappa shape index (κ2) is 6.40. The van der Waals surface area contributed by atoms with E-state index < -0.39 is 12.2 Å². The first kappa shape index (κ1) is 16.5. The number of benzene rings is 2. The molecule has 0 aliphatic carbocycles. The monoisotopic (exact) mass is 360 g/mol. The highest BCUT2D eigenvalue weighted by Gasteiger charge is 2.49. The van der Waals surface area contributed by atoms with Gasteiger partial charge in [-0.3, -0.25) is 4.79 Å². The number of Topliss-reactive ketones (excluding diaryl/α,β-unsaturated/α-hetero) is 1. The highest BCUT2D eigenvalue weighted by molar-refractivity contribution is 6.01. The lowest BCUT2D eigenvalue weighted by atomic mass is 10.0. The number of fused-ring (bicyclic) bond motifs is 1. The molecule has 0 aromatic heterocycles. The molecular weight excluding hydrogens is 344 g/mol. The first-order valence-electron chi connectivity index (χ1n) is 7.83. The van der Waals surface area contributed by atoms with Crippen LogP contribution in [-0.2, 0) is 4.74 Å². The van der Waals surface area contributed by atoms with Crippen LogP contribution in [0, 0.1) is 0 Å². The van der Waals surface area contributed by atoms with Crippen LogP contribution in [-0.4, -0.2) is 38.2 Å². The molecule has 2 atom stereocenters. The molecule has 0 amide bonds. The normalized spacial score (nSPS) is 19.8. The van der Waals surface area contributed by atoms with Gasteiger partial charge in [0.05, 0.1) is 14.2 Å². The number of carbonyl (C=O) groups is 1. The highest BCUT2D eigenvalue weighted by Crippen LogP contribution is 2.55. The lowest BCUT2D eigenvalue weighted by Gasteiger charge is -2.12. The van der Waals surface area contributed by atoms with Gasteiger partial charge in [0.15, 0.2) is 29.1 Å². The van der Waals surface area contributed by atoms with Crippen LogP contribution in [0.15, 0.2) is 30.3 Å². The average molecular weight is 360 g/mol. The summed E-state index contributed by atoms with van der Waals surface area (Å²) in [6.45, 7) is 0.0681. The zero-order chi connectivity index (χ0) is 18.3. The van der Waals surface area contributed by atoms with Crippen molar-refractivity contribution in [2.75, 3.05) is 21.0 Å². The van der Waals surface area contributed by atoms with Crippen LogP contribution in [0.2, 0.25) is 0 Å². The van der Waals surface area contributed by atoms with Crippen molar-refractivity contribution < 1.29 is 38.6 Å². The van der Waals surface area contributed by atoms with Gasteiger partial charge in [-0.25, -0.2) is 5.26 Å². The predicted molar refractivity (Wildman–Crippen MR) is 87.3 cm³/mol. The number of rotatable bonds is 6. The third-order valence-corrected chi connectivity index (χ3v) is 4.32. The fraction of sp³-hybridized carbons (Fsp3) is 0.278. The molecule has 1 fully saturated rings. The van der Waals surface area contributed by atoms with Crippen molar-refractivity contribution in [2.24, 2.45) is 0 Å². The zero-order valence-corrected chi connectivity index (χ0v) is 14.1. The van der Waals surface area contributed by atoms with Gasteiger partial charge in [-0.1, -0.05) is 0 Å². The lowest BCUT2D eigenvalue weighted by molar-refractivity contribution is -0.137. The van der Waals surface area contributed by atoms with Crippen LogP contribution in [0.3, 0.4) is 0 Å². The Morgan fingerprint density at radius 1 is 1.12 bits per heavy atom. The molecule has 8 heteroatoms. The minimum Gasteiger partial charge on any atom is -0.493 e. The van der Waals surface area contributed by atoms with Gasteiger partial charge < -0.3 is 28.6 Å². The van der Waals surface area contributed by atoms with Crippen LogP contribution in [0.5, 0.6) is 28.7 Å². The van der Waals surface area contributed by atoms with Crippen molar-refractivity contribution in [1.82, 2.24) is 0 Å². The molecule has 0 bridgehead atoms. The molecule has 1 saturated heterocycles. The summed E-state index contributed by atoms with van der Waals surface area (Å²) in [5.74, 6) is 1.92. The van der Waals surface area contributed by atoms with Gasteiger partial charge in [-0.15, -0.1) is 0 Å². The molecule has 4 rings (SSSR count). The van der Waals surface area contributed by atoms with Gasteiger partial charge >= 0.3 is 0 Å². The van der Waals surface area contributed by atoms with E-state index in [1.807, 2.05) is 0 Å². The van der Waals surface area contributed by atoms with Crippen LogP contribution >= 0.6 is 0 Å². The first-order valence-corrected chi connectivity index (χ1v) is 7.83. The van der Waals surface area contributed by atoms with Crippen LogP contribution in [0.25, 0.3) is 0 Å². The molecule has 0 spiro atoms. The van der Waals surface area contributed by atoms with Gasteiger partial charge in [-0.2, -0.15) is 0 Å². The molecule has 26 heavy (non-hydrogen) atoms. The van der Waals surface area contributed by atoms with E-state index in [1.165, 1.54) is 26.4 Å². The van der Waals surface area contributed by atoms with Crippen molar-refractivity contribution in [3.05, 3.63) is 41.5 Å². The predicted octanol–water partition coefficient (Wildman–Crippen LogP) is 2.61. The molecule has 2 aliphatic heterocycles. The third-order valence-electron chi connectivity index (χ3n) is 4.32. The Hall–Kier alpha value is -2.97. The second-order valence-corrected chi connectivity index (χ2v) is 5.72. The second-order valence-electron chi connectivity index (χ2n) is 5.72. The van der Waals surface area contributed by atoms with E-state index in [0.717, 1.165) is 0 Å². The number of hydrogen-bond donors (Lipinski definition) is 1. The van der Waals surface area contributed by atoms with Crippen LogP contribution in [0.4, 0.5) is 0 Å². The maximum Gasteiger partial charge on any atom is 0.231 e. The fourth-order valence-electron chi connectivity index (χ4n) is 3.00. The molecule has 1 N–H and O–H groups in total. The maximum atomic E-state index is 12.6.